The first kappa shape index (κ1) is 12.9. The predicted molar refractivity (Wildman–Crippen MR) is 60.1 cm³/mol. The lowest BCUT2D eigenvalue weighted by molar-refractivity contribution is -0.279. The molecule has 1 N–H and O–H groups in total. The minimum absolute atomic E-state index is 0.0190. The second-order valence-corrected chi connectivity index (χ2v) is 6.73. The maximum absolute atomic E-state index is 13.2. The van der Waals surface area contributed by atoms with E-state index in [0.717, 1.165) is 0 Å². The van der Waals surface area contributed by atoms with E-state index in [9.17, 15) is 17.2 Å². The zero-order chi connectivity index (χ0) is 13.7. The number of alkyl halides is 2. The maximum atomic E-state index is 13.2. The standard InChI is InChI=1S/C10H13F2N3O3S/c11-10(12)5-18-9(10)7-1-2-15(4-7)19(16,17)8-3-13-6-14-8/h3,6-7,9H,1-2,4-5H2,(H,13,14). The topological polar surface area (TPSA) is 75.3 Å². The van der Waals surface area contributed by atoms with E-state index in [4.69, 9.17) is 4.74 Å². The fourth-order valence-corrected chi connectivity index (χ4v) is 3.94. The molecule has 2 fully saturated rings. The van der Waals surface area contributed by atoms with E-state index in [0.29, 0.717) is 6.42 Å². The van der Waals surface area contributed by atoms with Gasteiger partial charge in [-0.3, -0.25) is 0 Å². The van der Waals surface area contributed by atoms with Crippen LogP contribution < -0.4 is 0 Å². The Labute approximate surface area is 108 Å². The molecule has 2 saturated heterocycles. The zero-order valence-electron chi connectivity index (χ0n) is 9.92. The highest BCUT2D eigenvalue weighted by atomic mass is 32.2. The van der Waals surface area contributed by atoms with Gasteiger partial charge in [0.2, 0.25) is 0 Å². The summed E-state index contributed by atoms with van der Waals surface area (Å²) in [5.74, 6) is -3.29. The minimum Gasteiger partial charge on any atom is -0.365 e. The minimum atomic E-state index is -3.67. The predicted octanol–water partition coefficient (Wildman–Crippen LogP) is 0.454. The third kappa shape index (κ3) is 2.05. The van der Waals surface area contributed by atoms with Gasteiger partial charge in [0.25, 0.3) is 15.9 Å². The van der Waals surface area contributed by atoms with Gasteiger partial charge in [-0.25, -0.2) is 22.2 Å². The number of aromatic amines is 1. The number of H-pyrrole nitrogens is 1. The van der Waals surface area contributed by atoms with Crippen molar-refractivity contribution in [2.45, 2.75) is 23.5 Å². The van der Waals surface area contributed by atoms with Crippen LogP contribution >= 0.6 is 0 Å². The Balaban J connectivity index is 1.73. The fraction of sp³-hybridized carbons (Fsp3) is 0.700. The van der Waals surface area contributed by atoms with E-state index in [1.165, 1.54) is 16.8 Å². The van der Waals surface area contributed by atoms with Gasteiger partial charge in [0.1, 0.15) is 12.7 Å². The number of aromatic nitrogens is 2. The molecule has 1 aromatic rings. The summed E-state index contributed by atoms with van der Waals surface area (Å²) >= 11 is 0. The van der Waals surface area contributed by atoms with Gasteiger partial charge in [0.05, 0.1) is 12.5 Å². The molecule has 9 heteroatoms. The molecule has 6 nitrogen and oxygen atoms in total. The number of hydrogen-bond donors (Lipinski definition) is 1. The Bertz CT molecular complexity index is 561. The molecule has 0 aliphatic carbocycles. The number of ether oxygens (including phenoxy) is 1. The molecule has 3 rings (SSSR count). The fourth-order valence-electron chi connectivity index (χ4n) is 2.53. The van der Waals surface area contributed by atoms with Crippen LogP contribution in [0.2, 0.25) is 0 Å². The average Bonchev–Trinajstić information content (AvgIpc) is 2.98. The van der Waals surface area contributed by atoms with E-state index in [1.807, 2.05) is 0 Å². The lowest BCUT2D eigenvalue weighted by Gasteiger charge is -2.39. The monoisotopic (exact) mass is 293 g/mol. The molecular weight excluding hydrogens is 280 g/mol. The van der Waals surface area contributed by atoms with Gasteiger partial charge in [-0.2, -0.15) is 4.31 Å². The molecule has 0 aromatic carbocycles. The molecule has 0 amide bonds. The summed E-state index contributed by atoms with van der Waals surface area (Å²) in [5.41, 5.74) is 0. The first-order valence-corrected chi connectivity index (χ1v) is 7.33. The highest BCUT2D eigenvalue weighted by Gasteiger charge is 2.55. The van der Waals surface area contributed by atoms with Crippen LogP contribution in [0.3, 0.4) is 0 Å². The summed E-state index contributed by atoms with van der Waals surface area (Å²) in [4.78, 5) is 6.18. The molecule has 0 radical (unpaired) electrons. The molecule has 0 spiro atoms. The Kier molecular flexibility index (Phi) is 2.88. The van der Waals surface area contributed by atoms with Crippen LogP contribution in [-0.2, 0) is 14.8 Å². The molecule has 2 aliphatic heterocycles. The number of halogens is 2. The van der Waals surface area contributed by atoms with Crippen molar-refractivity contribution >= 4 is 10.0 Å². The molecule has 3 heterocycles. The molecule has 2 unspecified atom stereocenters. The number of imidazole rings is 1. The summed E-state index contributed by atoms with van der Waals surface area (Å²) < 4.78 is 56.9. The van der Waals surface area contributed by atoms with Gasteiger partial charge in [-0.15, -0.1) is 0 Å². The molecule has 106 valence electrons. The molecule has 1 aromatic heterocycles. The Morgan fingerprint density at radius 1 is 1.53 bits per heavy atom. The summed E-state index contributed by atoms with van der Waals surface area (Å²) in [6, 6.07) is 0. The second-order valence-electron chi connectivity index (χ2n) is 4.82. The van der Waals surface area contributed by atoms with Crippen molar-refractivity contribution in [2.24, 2.45) is 5.92 Å². The SMILES string of the molecule is O=S(=O)(c1cnc[nH]1)N1CCC(C2OCC2(F)F)C1. The lowest BCUT2D eigenvalue weighted by atomic mass is 9.93. The normalized spacial score (nSPS) is 31.3. The van der Waals surface area contributed by atoms with Crippen molar-refractivity contribution in [3.8, 4) is 0 Å². The quantitative estimate of drug-likeness (QED) is 0.878. The highest BCUT2D eigenvalue weighted by molar-refractivity contribution is 7.89. The van der Waals surface area contributed by atoms with E-state index in [2.05, 4.69) is 9.97 Å². The van der Waals surface area contributed by atoms with Crippen LogP contribution in [0.5, 0.6) is 0 Å². The lowest BCUT2D eigenvalue weighted by Crippen LogP contribution is -2.56. The van der Waals surface area contributed by atoms with E-state index < -0.39 is 34.6 Å². The number of sulfonamides is 1. The number of nitrogens with one attached hydrogen (secondary N) is 1. The van der Waals surface area contributed by atoms with Gasteiger partial charge in [-0.1, -0.05) is 0 Å². The largest absolute Gasteiger partial charge is 0.365 e. The second kappa shape index (κ2) is 4.22. The van der Waals surface area contributed by atoms with Crippen molar-refractivity contribution in [3.05, 3.63) is 12.5 Å². The number of rotatable bonds is 3. The van der Waals surface area contributed by atoms with Crippen LogP contribution in [-0.4, -0.2) is 54.4 Å². The molecule has 2 aliphatic rings. The zero-order valence-corrected chi connectivity index (χ0v) is 10.7. The van der Waals surface area contributed by atoms with Crippen molar-refractivity contribution in [3.63, 3.8) is 0 Å². The smallest absolute Gasteiger partial charge is 0.296 e. The maximum Gasteiger partial charge on any atom is 0.296 e. The molecule has 0 saturated carbocycles. The van der Waals surface area contributed by atoms with Crippen molar-refractivity contribution < 1.29 is 21.9 Å². The van der Waals surface area contributed by atoms with Gasteiger partial charge >= 0.3 is 0 Å². The van der Waals surface area contributed by atoms with Crippen LogP contribution in [0.4, 0.5) is 8.78 Å². The Morgan fingerprint density at radius 3 is 2.84 bits per heavy atom. The van der Waals surface area contributed by atoms with Gasteiger partial charge in [0, 0.05) is 19.0 Å². The number of hydrogen-bond acceptors (Lipinski definition) is 4. The summed E-state index contributed by atoms with van der Waals surface area (Å²) in [6.45, 7) is -0.287. The van der Waals surface area contributed by atoms with E-state index in [1.54, 1.807) is 0 Å². The van der Waals surface area contributed by atoms with Crippen LogP contribution in [0, 0.1) is 5.92 Å². The van der Waals surface area contributed by atoms with Crippen molar-refractivity contribution in [2.75, 3.05) is 19.7 Å². The van der Waals surface area contributed by atoms with E-state index in [-0.39, 0.29) is 18.1 Å². The third-order valence-electron chi connectivity index (χ3n) is 3.58. The highest BCUT2D eigenvalue weighted by Crippen LogP contribution is 2.40. The molecular formula is C10H13F2N3O3S. The third-order valence-corrected chi connectivity index (χ3v) is 5.37. The van der Waals surface area contributed by atoms with Crippen LogP contribution in [0.15, 0.2) is 17.6 Å². The summed E-state index contributed by atoms with van der Waals surface area (Å²) in [5, 5.41) is -0.0190. The van der Waals surface area contributed by atoms with Crippen LogP contribution in [0.25, 0.3) is 0 Å². The van der Waals surface area contributed by atoms with Gasteiger partial charge in [-0.05, 0) is 6.42 Å². The van der Waals surface area contributed by atoms with Crippen LogP contribution in [0.1, 0.15) is 6.42 Å². The Morgan fingerprint density at radius 2 is 2.32 bits per heavy atom. The Hall–Kier alpha value is -1.06. The summed E-state index contributed by atoms with van der Waals surface area (Å²) in [7, 11) is -3.67. The van der Waals surface area contributed by atoms with Gasteiger partial charge < -0.3 is 9.72 Å². The summed E-state index contributed by atoms with van der Waals surface area (Å²) in [6.07, 6.45) is 1.70. The first-order valence-electron chi connectivity index (χ1n) is 5.89. The van der Waals surface area contributed by atoms with Gasteiger partial charge in [0.15, 0.2) is 5.03 Å². The molecule has 2 atom stereocenters. The van der Waals surface area contributed by atoms with Crippen molar-refractivity contribution in [1.29, 1.82) is 0 Å². The first-order chi connectivity index (χ1) is 8.91. The van der Waals surface area contributed by atoms with E-state index >= 15 is 0 Å². The number of nitrogens with zero attached hydrogens (tertiary/aromatic N) is 2. The molecule has 19 heavy (non-hydrogen) atoms. The molecule has 0 bridgehead atoms. The van der Waals surface area contributed by atoms with Crippen molar-refractivity contribution in [1.82, 2.24) is 14.3 Å². The average molecular weight is 293 g/mol.